The minimum absolute atomic E-state index is 0.0245. The van der Waals surface area contributed by atoms with E-state index in [0.717, 1.165) is 6.42 Å². The second-order valence-corrected chi connectivity index (χ2v) is 4.88. The van der Waals surface area contributed by atoms with Crippen LogP contribution >= 0.6 is 0 Å². The highest BCUT2D eigenvalue weighted by Gasteiger charge is 2.15. The van der Waals surface area contributed by atoms with Crippen molar-refractivity contribution in [3.63, 3.8) is 0 Å². The van der Waals surface area contributed by atoms with Crippen LogP contribution in [0.2, 0.25) is 0 Å². The Bertz CT molecular complexity index is 369. The number of ether oxygens (including phenoxy) is 1. The molecule has 0 aromatic heterocycles. The highest BCUT2D eigenvalue weighted by Crippen LogP contribution is 2.27. The largest absolute Gasteiger partial charge is 0.487 e. The maximum Gasteiger partial charge on any atom is 0.310 e. The van der Waals surface area contributed by atoms with Crippen molar-refractivity contribution in [1.82, 2.24) is 0 Å². The van der Waals surface area contributed by atoms with Crippen molar-refractivity contribution in [1.29, 1.82) is 0 Å². The van der Waals surface area contributed by atoms with Gasteiger partial charge in [-0.1, -0.05) is 32.9 Å². The molecule has 0 aliphatic heterocycles. The minimum Gasteiger partial charge on any atom is -0.487 e. The predicted molar refractivity (Wildman–Crippen MR) is 62.7 cm³/mol. The summed E-state index contributed by atoms with van der Waals surface area (Å²) >= 11 is 0. The molecular formula is C12H17NO3. The van der Waals surface area contributed by atoms with Gasteiger partial charge in [0.15, 0.2) is 5.75 Å². The van der Waals surface area contributed by atoms with Crippen molar-refractivity contribution < 1.29 is 9.66 Å². The van der Waals surface area contributed by atoms with Gasteiger partial charge >= 0.3 is 5.69 Å². The summed E-state index contributed by atoms with van der Waals surface area (Å²) in [5, 5.41) is 10.7. The van der Waals surface area contributed by atoms with Crippen molar-refractivity contribution in [2.45, 2.75) is 27.2 Å². The van der Waals surface area contributed by atoms with E-state index in [1.165, 1.54) is 6.07 Å². The molecular weight excluding hydrogens is 206 g/mol. The van der Waals surface area contributed by atoms with Gasteiger partial charge in [0.05, 0.1) is 11.5 Å². The minimum atomic E-state index is -0.424. The van der Waals surface area contributed by atoms with Crippen LogP contribution in [0, 0.1) is 15.5 Å². The van der Waals surface area contributed by atoms with Crippen LogP contribution in [0.15, 0.2) is 24.3 Å². The first kappa shape index (κ1) is 12.5. The van der Waals surface area contributed by atoms with Gasteiger partial charge in [-0.05, 0) is 17.9 Å². The molecule has 0 spiro atoms. The predicted octanol–water partition coefficient (Wildman–Crippen LogP) is 3.41. The number of para-hydroxylation sites is 2. The third-order valence-electron chi connectivity index (χ3n) is 2.17. The Balaban J connectivity index is 2.64. The van der Waals surface area contributed by atoms with Crippen molar-refractivity contribution in [3.05, 3.63) is 34.4 Å². The highest BCUT2D eigenvalue weighted by molar-refractivity contribution is 5.45. The third-order valence-corrected chi connectivity index (χ3v) is 2.17. The van der Waals surface area contributed by atoms with Crippen LogP contribution in [0.25, 0.3) is 0 Å². The van der Waals surface area contributed by atoms with Crippen LogP contribution in [0.5, 0.6) is 5.75 Å². The summed E-state index contributed by atoms with van der Waals surface area (Å²) in [6.07, 6.45) is 0.860. The number of nitro benzene ring substituents is 1. The van der Waals surface area contributed by atoms with Crippen molar-refractivity contribution in [2.75, 3.05) is 6.61 Å². The van der Waals surface area contributed by atoms with Gasteiger partial charge in [-0.15, -0.1) is 0 Å². The Hall–Kier alpha value is -1.58. The van der Waals surface area contributed by atoms with E-state index in [0.29, 0.717) is 12.4 Å². The van der Waals surface area contributed by atoms with E-state index in [4.69, 9.17) is 4.74 Å². The van der Waals surface area contributed by atoms with E-state index in [2.05, 4.69) is 20.8 Å². The lowest BCUT2D eigenvalue weighted by Crippen LogP contribution is -2.11. The van der Waals surface area contributed by atoms with E-state index >= 15 is 0 Å². The Morgan fingerprint density at radius 1 is 1.31 bits per heavy atom. The molecule has 0 amide bonds. The van der Waals surface area contributed by atoms with Gasteiger partial charge in [0.2, 0.25) is 0 Å². The Kier molecular flexibility index (Phi) is 3.88. The molecule has 16 heavy (non-hydrogen) atoms. The molecule has 0 atom stereocenters. The summed E-state index contributed by atoms with van der Waals surface area (Å²) in [4.78, 5) is 10.3. The lowest BCUT2D eigenvalue weighted by molar-refractivity contribution is -0.385. The first-order chi connectivity index (χ1) is 7.40. The molecule has 0 bridgehead atoms. The van der Waals surface area contributed by atoms with Crippen LogP contribution < -0.4 is 4.74 Å². The maximum absolute atomic E-state index is 10.7. The Morgan fingerprint density at radius 2 is 1.94 bits per heavy atom. The molecule has 0 saturated heterocycles. The first-order valence-electron chi connectivity index (χ1n) is 5.26. The molecule has 0 heterocycles. The van der Waals surface area contributed by atoms with Crippen molar-refractivity contribution >= 4 is 5.69 Å². The number of nitrogens with zero attached hydrogens (tertiary/aromatic N) is 1. The Morgan fingerprint density at radius 3 is 2.50 bits per heavy atom. The summed E-state index contributed by atoms with van der Waals surface area (Å²) in [6.45, 7) is 6.82. The van der Waals surface area contributed by atoms with Gasteiger partial charge in [0, 0.05) is 6.07 Å². The molecule has 0 radical (unpaired) electrons. The number of hydrogen-bond acceptors (Lipinski definition) is 3. The van der Waals surface area contributed by atoms with E-state index in [1.807, 2.05) is 0 Å². The molecule has 0 fully saturated rings. The maximum atomic E-state index is 10.7. The lowest BCUT2D eigenvalue weighted by Gasteiger charge is -2.17. The Labute approximate surface area is 95.4 Å². The van der Waals surface area contributed by atoms with Gasteiger partial charge < -0.3 is 4.74 Å². The van der Waals surface area contributed by atoms with Gasteiger partial charge in [0.1, 0.15) is 0 Å². The zero-order valence-electron chi connectivity index (χ0n) is 9.90. The SMILES string of the molecule is CC(C)(C)CCOc1ccccc1[N+](=O)[O-]. The van der Waals surface area contributed by atoms with E-state index in [-0.39, 0.29) is 11.1 Å². The van der Waals surface area contributed by atoms with Crippen LogP contribution in [0.3, 0.4) is 0 Å². The number of nitro groups is 1. The molecule has 0 N–H and O–H groups in total. The highest BCUT2D eigenvalue weighted by atomic mass is 16.6. The van der Waals surface area contributed by atoms with Crippen molar-refractivity contribution in [3.8, 4) is 5.75 Å². The summed E-state index contributed by atoms with van der Waals surface area (Å²) < 4.78 is 5.43. The average molecular weight is 223 g/mol. The molecule has 4 nitrogen and oxygen atoms in total. The molecule has 0 unspecified atom stereocenters. The molecule has 4 heteroatoms. The van der Waals surface area contributed by atoms with Crippen LogP contribution in [-0.4, -0.2) is 11.5 Å². The normalized spacial score (nSPS) is 11.2. The summed E-state index contributed by atoms with van der Waals surface area (Å²) in [6, 6.07) is 6.45. The topological polar surface area (TPSA) is 52.4 Å². The summed E-state index contributed by atoms with van der Waals surface area (Å²) in [7, 11) is 0. The second-order valence-electron chi connectivity index (χ2n) is 4.88. The quantitative estimate of drug-likeness (QED) is 0.580. The summed E-state index contributed by atoms with van der Waals surface area (Å²) in [5.41, 5.74) is 0.195. The standard InChI is InChI=1S/C12H17NO3/c1-12(2,3)8-9-16-11-7-5-4-6-10(11)13(14)15/h4-7H,8-9H2,1-3H3. The molecule has 0 saturated carbocycles. The van der Waals surface area contributed by atoms with E-state index in [9.17, 15) is 10.1 Å². The van der Waals surface area contributed by atoms with Gasteiger partial charge in [-0.3, -0.25) is 10.1 Å². The second kappa shape index (κ2) is 4.96. The fourth-order valence-electron chi connectivity index (χ4n) is 1.20. The molecule has 1 aromatic carbocycles. The molecule has 0 aliphatic carbocycles. The third kappa shape index (κ3) is 3.88. The first-order valence-corrected chi connectivity index (χ1v) is 5.26. The van der Waals surface area contributed by atoms with Gasteiger partial charge in [-0.25, -0.2) is 0 Å². The fourth-order valence-corrected chi connectivity index (χ4v) is 1.20. The molecule has 88 valence electrons. The van der Waals surface area contributed by atoms with Crippen LogP contribution in [-0.2, 0) is 0 Å². The van der Waals surface area contributed by atoms with E-state index < -0.39 is 4.92 Å². The van der Waals surface area contributed by atoms with Crippen LogP contribution in [0.1, 0.15) is 27.2 Å². The summed E-state index contributed by atoms with van der Waals surface area (Å²) in [5.74, 6) is 0.344. The zero-order chi connectivity index (χ0) is 12.2. The van der Waals surface area contributed by atoms with Crippen molar-refractivity contribution in [2.24, 2.45) is 5.41 Å². The number of hydrogen-bond donors (Lipinski definition) is 0. The zero-order valence-corrected chi connectivity index (χ0v) is 9.90. The fraction of sp³-hybridized carbons (Fsp3) is 0.500. The number of benzene rings is 1. The lowest BCUT2D eigenvalue weighted by atomic mass is 9.93. The monoisotopic (exact) mass is 223 g/mol. The van der Waals surface area contributed by atoms with Crippen LogP contribution in [0.4, 0.5) is 5.69 Å². The van der Waals surface area contributed by atoms with E-state index in [1.54, 1.807) is 18.2 Å². The molecule has 0 aliphatic rings. The van der Waals surface area contributed by atoms with Gasteiger partial charge in [0.25, 0.3) is 0 Å². The molecule has 1 aromatic rings. The number of rotatable bonds is 4. The average Bonchev–Trinajstić information content (AvgIpc) is 2.16. The molecule has 1 rings (SSSR count). The van der Waals surface area contributed by atoms with Gasteiger partial charge in [-0.2, -0.15) is 0 Å². The smallest absolute Gasteiger partial charge is 0.310 e.